The molecule has 1 aromatic rings. The molecule has 0 saturated carbocycles. The van der Waals surface area contributed by atoms with Gasteiger partial charge in [-0.1, -0.05) is 13.0 Å². The largest absolute Gasteiger partial charge is 0.370 e. The van der Waals surface area contributed by atoms with Crippen LogP contribution in [0.2, 0.25) is 0 Å². The highest BCUT2D eigenvalue weighted by Crippen LogP contribution is 2.32. The van der Waals surface area contributed by atoms with Crippen LogP contribution >= 0.6 is 0 Å². The average Bonchev–Trinajstić information content (AvgIpc) is 2.45. The van der Waals surface area contributed by atoms with Gasteiger partial charge in [0.15, 0.2) is 0 Å². The van der Waals surface area contributed by atoms with Crippen LogP contribution in [0.25, 0.3) is 0 Å². The van der Waals surface area contributed by atoms with E-state index in [-0.39, 0.29) is 6.04 Å². The van der Waals surface area contributed by atoms with Gasteiger partial charge in [0.2, 0.25) is 6.41 Å². The lowest BCUT2D eigenvalue weighted by molar-refractivity contribution is -0.121. The average molecular weight is 247 g/mol. The fourth-order valence-corrected chi connectivity index (χ4v) is 2.49. The number of amides is 1. The van der Waals surface area contributed by atoms with E-state index < -0.39 is 0 Å². The zero-order valence-corrected chi connectivity index (χ0v) is 10.9. The SMILES string of the molecule is CCCNc1ncccc1[C@@H]1CCCCN1C=O. The second-order valence-electron chi connectivity index (χ2n) is 4.72. The molecule has 1 saturated heterocycles. The van der Waals surface area contributed by atoms with Crippen LogP contribution in [0.3, 0.4) is 0 Å². The first-order valence-corrected chi connectivity index (χ1v) is 6.76. The highest BCUT2D eigenvalue weighted by atomic mass is 16.1. The van der Waals surface area contributed by atoms with Crippen LogP contribution in [-0.4, -0.2) is 29.4 Å². The van der Waals surface area contributed by atoms with Gasteiger partial charge in [-0.15, -0.1) is 0 Å². The number of nitrogens with zero attached hydrogens (tertiary/aromatic N) is 2. The van der Waals surface area contributed by atoms with E-state index in [2.05, 4.69) is 23.3 Å². The van der Waals surface area contributed by atoms with Crippen molar-refractivity contribution >= 4 is 12.2 Å². The quantitative estimate of drug-likeness (QED) is 0.813. The second-order valence-corrected chi connectivity index (χ2v) is 4.72. The van der Waals surface area contributed by atoms with Crippen molar-refractivity contribution in [3.63, 3.8) is 0 Å². The summed E-state index contributed by atoms with van der Waals surface area (Å²) >= 11 is 0. The van der Waals surface area contributed by atoms with Crippen LogP contribution in [0.4, 0.5) is 5.82 Å². The van der Waals surface area contributed by atoms with Crippen LogP contribution in [0.1, 0.15) is 44.2 Å². The molecule has 1 N–H and O–H groups in total. The second kappa shape index (κ2) is 6.38. The predicted octanol–water partition coefficient (Wildman–Crippen LogP) is 2.59. The summed E-state index contributed by atoms with van der Waals surface area (Å²) in [7, 11) is 0. The van der Waals surface area contributed by atoms with Crippen molar-refractivity contribution in [1.82, 2.24) is 9.88 Å². The molecule has 4 nitrogen and oxygen atoms in total. The summed E-state index contributed by atoms with van der Waals surface area (Å²) in [6.45, 7) is 3.90. The Hall–Kier alpha value is -1.58. The number of hydrogen-bond acceptors (Lipinski definition) is 3. The van der Waals surface area contributed by atoms with Gasteiger partial charge in [0.1, 0.15) is 5.82 Å². The van der Waals surface area contributed by atoms with Gasteiger partial charge in [-0.2, -0.15) is 0 Å². The van der Waals surface area contributed by atoms with Crippen molar-refractivity contribution in [3.05, 3.63) is 23.9 Å². The fourth-order valence-electron chi connectivity index (χ4n) is 2.49. The summed E-state index contributed by atoms with van der Waals surface area (Å²) in [4.78, 5) is 17.5. The van der Waals surface area contributed by atoms with E-state index in [9.17, 15) is 4.79 Å². The van der Waals surface area contributed by atoms with Gasteiger partial charge in [0.25, 0.3) is 0 Å². The summed E-state index contributed by atoms with van der Waals surface area (Å²) in [5, 5.41) is 3.35. The lowest BCUT2D eigenvalue weighted by Crippen LogP contribution is -2.32. The third kappa shape index (κ3) is 2.81. The van der Waals surface area contributed by atoms with Crippen molar-refractivity contribution < 1.29 is 4.79 Å². The Balaban J connectivity index is 2.22. The molecule has 1 aromatic heterocycles. The Morgan fingerprint density at radius 2 is 2.44 bits per heavy atom. The van der Waals surface area contributed by atoms with Gasteiger partial charge >= 0.3 is 0 Å². The molecule has 18 heavy (non-hydrogen) atoms. The minimum absolute atomic E-state index is 0.185. The number of nitrogens with one attached hydrogen (secondary N) is 1. The Labute approximate surface area is 108 Å². The van der Waals surface area contributed by atoms with E-state index in [4.69, 9.17) is 0 Å². The minimum atomic E-state index is 0.185. The molecule has 0 bridgehead atoms. The van der Waals surface area contributed by atoms with Crippen molar-refractivity contribution in [2.75, 3.05) is 18.4 Å². The molecule has 0 aliphatic carbocycles. The van der Waals surface area contributed by atoms with Gasteiger partial charge in [-0.25, -0.2) is 4.98 Å². The molecule has 98 valence electrons. The van der Waals surface area contributed by atoms with Crippen LogP contribution < -0.4 is 5.32 Å². The number of likely N-dealkylation sites (tertiary alicyclic amines) is 1. The van der Waals surface area contributed by atoms with Crippen LogP contribution in [0.15, 0.2) is 18.3 Å². The van der Waals surface area contributed by atoms with Gasteiger partial charge in [0, 0.05) is 24.8 Å². The number of pyridine rings is 1. The van der Waals surface area contributed by atoms with E-state index in [1.54, 1.807) is 6.20 Å². The number of carbonyl (C=O) groups is 1. The lowest BCUT2D eigenvalue weighted by atomic mass is 9.96. The lowest BCUT2D eigenvalue weighted by Gasteiger charge is -2.33. The predicted molar refractivity (Wildman–Crippen MR) is 72.4 cm³/mol. The Morgan fingerprint density at radius 3 is 3.22 bits per heavy atom. The van der Waals surface area contributed by atoms with E-state index in [0.29, 0.717) is 0 Å². The van der Waals surface area contributed by atoms with E-state index in [1.807, 2.05) is 11.0 Å². The molecular weight excluding hydrogens is 226 g/mol. The van der Waals surface area contributed by atoms with Crippen LogP contribution in [-0.2, 0) is 4.79 Å². The third-order valence-electron chi connectivity index (χ3n) is 3.42. The maximum Gasteiger partial charge on any atom is 0.210 e. The molecule has 1 atom stereocenters. The molecule has 0 unspecified atom stereocenters. The Kier molecular flexibility index (Phi) is 4.56. The summed E-state index contributed by atoms with van der Waals surface area (Å²) in [6.07, 6.45) is 7.16. The van der Waals surface area contributed by atoms with Crippen molar-refractivity contribution in [1.29, 1.82) is 0 Å². The van der Waals surface area contributed by atoms with Crippen molar-refractivity contribution in [3.8, 4) is 0 Å². The summed E-state index contributed by atoms with van der Waals surface area (Å²) in [5.74, 6) is 0.929. The normalized spacial score (nSPS) is 19.6. The summed E-state index contributed by atoms with van der Waals surface area (Å²) in [6, 6.07) is 4.21. The molecule has 0 spiro atoms. The number of carbonyl (C=O) groups excluding carboxylic acids is 1. The first-order valence-electron chi connectivity index (χ1n) is 6.76. The Bertz CT molecular complexity index is 394. The zero-order chi connectivity index (χ0) is 12.8. The number of rotatable bonds is 5. The smallest absolute Gasteiger partial charge is 0.210 e. The molecule has 0 radical (unpaired) electrons. The number of hydrogen-bond donors (Lipinski definition) is 1. The van der Waals surface area contributed by atoms with Gasteiger partial charge < -0.3 is 10.2 Å². The van der Waals surface area contributed by atoms with E-state index in [0.717, 1.165) is 50.1 Å². The number of anilines is 1. The molecule has 1 aliphatic heterocycles. The monoisotopic (exact) mass is 247 g/mol. The van der Waals surface area contributed by atoms with Crippen molar-refractivity contribution in [2.45, 2.75) is 38.6 Å². The maximum absolute atomic E-state index is 11.2. The van der Waals surface area contributed by atoms with Gasteiger partial charge in [-0.05, 0) is 31.7 Å². The summed E-state index contributed by atoms with van der Waals surface area (Å²) in [5.41, 5.74) is 1.15. The highest BCUT2D eigenvalue weighted by molar-refractivity contribution is 5.53. The molecule has 1 aliphatic rings. The number of piperidine rings is 1. The molecule has 0 aromatic carbocycles. The fraction of sp³-hybridized carbons (Fsp3) is 0.571. The highest BCUT2D eigenvalue weighted by Gasteiger charge is 2.24. The molecule has 2 rings (SSSR count). The minimum Gasteiger partial charge on any atom is -0.370 e. The van der Waals surface area contributed by atoms with Gasteiger partial charge in [-0.3, -0.25) is 4.79 Å². The molecular formula is C14H21N3O. The van der Waals surface area contributed by atoms with Gasteiger partial charge in [0.05, 0.1) is 6.04 Å². The van der Waals surface area contributed by atoms with E-state index >= 15 is 0 Å². The molecule has 1 fully saturated rings. The third-order valence-corrected chi connectivity index (χ3v) is 3.42. The maximum atomic E-state index is 11.2. The molecule has 1 amide bonds. The van der Waals surface area contributed by atoms with Crippen LogP contribution in [0, 0.1) is 0 Å². The first-order chi connectivity index (χ1) is 8.86. The van der Waals surface area contributed by atoms with Crippen molar-refractivity contribution in [2.24, 2.45) is 0 Å². The zero-order valence-electron chi connectivity index (χ0n) is 10.9. The first kappa shape index (κ1) is 12.9. The molecule has 2 heterocycles. The number of aromatic nitrogens is 1. The topological polar surface area (TPSA) is 45.2 Å². The Morgan fingerprint density at radius 1 is 1.56 bits per heavy atom. The van der Waals surface area contributed by atoms with Crippen LogP contribution in [0.5, 0.6) is 0 Å². The standard InChI is InChI=1S/C14H21N3O/c1-2-8-15-14-12(6-5-9-16-14)13-7-3-4-10-17(13)11-18/h5-6,9,11,13H,2-4,7-8,10H2,1H3,(H,15,16)/t13-/m0/s1. The molecule has 4 heteroatoms. The summed E-state index contributed by atoms with van der Waals surface area (Å²) < 4.78 is 0. The van der Waals surface area contributed by atoms with E-state index in [1.165, 1.54) is 6.42 Å².